The summed E-state index contributed by atoms with van der Waals surface area (Å²) in [4.78, 5) is 31.5. The fourth-order valence-corrected chi connectivity index (χ4v) is 4.73. The van der Waals surface area contributed by atoms with Crippen LogP contribution in [-0.4, -0.2) is 40.5 Å². The monoisotopic (exact) mass is 439 g/mol. The van der Waals surface area contributed by atoms with E-state index in [9.17, 15) is 9.59 Å². The molecule has 5 nitrogen and oxygen atoms in total. The van der Waals surface area contributed by atoms with Crippen molar-refractivity contribution in [2.24, 2.45) is 0 Å². The van der Waals surface area contributed by atoms with Gasteiger partial charge in [-0.2, -0.15) is 0 Å². The fourth-order valence-electron chi connectivity index (χ4n) is 2.85. The second kappa shape index (κ2) is 7.88. The van der Waals surface area contributed by atoms with Gasteiger partial charge in [-0.15, -0.1) is 11.8 Å². The maximum Gasteiger partial charge on any atom is 0.254 e. The van der Waals surface area contributed by atoms with Crippen LogP contribution in [0.15, 0.2) is 32.9 Å². The molecule has 2 heterocycles. The van der Waals surface area contributed by atoms with Crippen molar-refractivity contribution < 1.29 is 9.59 Å². The number of rotatable bonds is 4. The Bertz CT molecular complexity index is 792. The molecule has 0 aliphatic carbocycles. The second-order valence-electron chi connectivity index (χ2n) is 5.75. The van der Waals surface area contributed by atoms with E-state index in [0.29, 0.717) is 23.7 Å². The normalized spacial score (nSPS) is 16.9. The first-order chi connectivity index (χ1) is 12.0. The maximum atomic E-state index is 12.7. The van der Waals surface area contributed by atoms with Crippen LogP contribution < -0.4 is 5.32 Å². The molecule has 1 aromatic carbocycles. The third-order valence-electron chi connectivity index (χ3n) is 4.08. The van der Waals surface area contributed by atoms with Gasteiger partial charge in [0.1, 0.15) is 6.04 Å². The summed E-state index contributed by atoms with van der Waals surface area (Å²) in [6, 6.07) is 6.77. The maximum absolute atomic E-state index is 12.7. The first-order valence-electron chi connectivity index (χ1n) is 7.88. The first kappa shape index (κ1) is 18.4. The van der Waals surface area contributed by atoms with E-state index in [1.54, 1.807) is 28.8 Å². The number of aryl methyl sites for hydroxylation is 1. The quantitative estimate of drug-likeness (QED) is 0.725. The molecule has 1 unspecified atom stereocenters. The standard InChI is InChI=1S/C17H18BrN3O2S2/c1-10-16(24-2)25-17(19-10)20-14(22)13-4-3-9-21(13)15(23)11-5-7-12(18)8-6-11/h5-8,13H,3-4,9H2,1-2H3,(H,19,20,22). The summed E-state index contributed by atoms with van der Waals surface area (Å²) < 4.78 is 2.01. The van der Waals surface area contributed by atoms with Gasteiger partial charge in [0.05, 0.1) is 9.90 Å². The van der Waals surface area contributed by atoms with Gasteiger partial charge in [-0.05, 0) is 50.3 Å². The molecule has 0 spiro atoms. The van der Waals surface area contributed by atoms with Crippen molar-refractivity contribution in [1.29, 1.82) is 0 Å². The Morgan fingerprint density at radius 2 is 2.08 bits per heavy atom. The van der Waals surface area contributed by atoms with Crippen molar-refractivity contribution in [1.82, 2.24) is 9.88 Å². The third kappa shape index (κ3) is 4.07. The predicted molar refractivity (Wildman–Crippen MR) is 105 cm³/mol. The zero-order chi connectivity index (χ0) is 18.0. The molecule has 1 N–H and O–H groups in total. The van der Waals surface area contributed by atoms with Crippen molar-refractivity contribution in [2.45, 2.75) is 30.0 Å². The molecule has 1 aliphatic heterocycles. The van der Waals surface area contributed by atoms with Crippen LogP contribution in [-0.2, 0) is 4.79 Å². The van der Waals surface area contributed by atoms with E-state index in [1.165, 1.54) is 11.3 Å². The molecule has 0 bridgehead atoms. The molecule has 132 valence electrons. The largest absolute Gasteiger partial charge is 0.327 e. The SMILES string of the molecule is CSc1sc(NC(=O)C2CCCN2C(=O)c2ccc(Br)cc2)nc1C. The molecule has 0 radical (unpaired) electrons. The number of nitrogens with one attached hydrogen (secondary N) is 1. The van der Waals surface area contributed by atoms with E-state index in [1.807, 2.05) is 25.3 Å². The van der Waals surface area contributed by atoms with Gasteiger partial charge in [-0.3, -0.25) is 9.59 Å². The Morgan fingerprint density at radius 3 is 2.72 bits per heavy atom. The molecular weight excluding hydrogens is 422 g/mol. The predicted octanol–water partition coefficient (Wildman–Crippen LogP) is 4.18. The van der Waals surface area contributed by atoms with E-state index in [0.717, 1.165) is 20.8 Å². The van der Waals surface area contributed by atoms with Gasteiger partial charge in [0, 0.05) is 16.6 Å². The zero-order valence-corrected chi connectivity index (χ0v) is 17.1. The molecular formula is C17H18BrN3O2S2. The Labute approximate surface area is 163 Å². The Balaban J connectivity index is 1.72. The third-order valence-corrected chi connectivity index (χ3v) is 6.89. The van der Waals surface area contributed by atoms with Crippen molar-refractivity contribution in [2.75, 3.05) is 18.1 Å². The van der Waals surface area contributed by atoms with E-state index in [-0.39, 0.29) is 11.8 Å². The zero-order valence-electron chi connectivity index (χ0n) is 13.9. The minimum absolute atomic E-state index is 0.106. The number of benzene rings is 1. The van der Waals surface area contributed by atoms with Gasteiger partial charge in [0.2, 0.25) is 5.91 Å². The molecule has 1 aromatic heterocycles. The molecule has 8 heteroatoms. The van der Waals surface area contributed by atoms with Crippen molar-refractivity contribution >= 4 is 56.0 Å². The molecule has 3 rings (SSSR count). The minimum atomic E-state index is -0.446. The number of likely N-dealkylation sites (tertiary alicyclic amines) is 1. The van der Waals surface area contributed by atoms with Gasteiger partial charge in [0.25, 0.3) is 5.91 Å². The summed E-state index contributed by atoms with van der Waals surface area (Å²) >= 11 is 6.45. The summed E-state index contributed by atoms with van der Waals surface area (Å²) in [7, 11) is 0. The van der Waals surface area contributed by atoms with E-state index in [2.05, 4.69) is 26.2 Å². The number of carbonyl (C=O) groups is 2. The van der Waals surface area contributed by atoms with Crippen LogP contribution in [0, 0.1) is 6.92 Å². The van der Waals surface area contributed by atoms with Crippen LogP contribution >= 0.6 is 39.0 Å². The minimum Gasteiger partial charge on any atom is -0.327 e. The van der Waals surface area contributed by atoms with Crippen LogP contribution in [0.3, 0.4) is 0 Å². The highest BCUT2D eigenvalue weighted by molar-refractivity contribution is 9.10. The lowest BCUT2D eigenvalue weighted by Crippen LogP contribution is -2.43. The van der Waals surface area contributed by atoms with Gasteiger partial charge in [0.15, 0.2) is 5.13 Å². The topological polar surface area (TPSA) is 62.3 Å². The van der Waals surface area contributed by atoms with E-state index < -0.39 is 6.04 Å². The Kier molecular flexibility index (Phi) is 5.81. The summed E-state index contributed by atoms with van der Waals surface area (Å²) in [5.74, 6) is -0.269. The number of thioether (sulfide) groups is 1. The van der Waals surface area contributed by atoms with E-state index in [4.69, 9.17) is 0 Å². The molecule has 1 saturated heterocycles. The highest BCUT2D eigenvalue weighted by atomic mass is 79.9. The van der Waals surface area contributed by atoms with Crippen LogP contribution in [0.4, 0.5) is 5.13 Å². The summed E-state index contributed by atoms with van der Waals surface area (Å²) in [6.07, 6.45) is 3.49. The van der Waals surface area contributed by atoms with Crippen LogP contribution in [0.2, 0.25) is 0 Å². The van der Waals surface area contributed by atoms with E-state index >= 15 is 0 Å². The van der Waals surface area contributed by atoms with Crippen LogP contribution in [0.1, 0.15) is 28.9 Å². The van der Waals surface area contributed by atoms with Crippen LogP contribution in [0.5, 0.6) is 0 Å². The molecule has 2 aromatic rings. The summed E-state index contributed by atoms with van der Waals surface area (Å²) in [6.45, 7) is 2.52. The smallest absolute Gasteiger partial charge is 0.254 e. The van der Waals surface area contributed by atoms with Crippen LogP contribution in [0.25, 0.3) is 0 Å². The highest BCUT2D eigenvalue weighted by Crippen LogP contribution is 2.31. The highest BCUT2D eigenvalue weighted by Gasteiger charge is 2.35. The number of halogens is 1. The average Bonchev–Trinajstić information content (AvgIpc) is 3.21. The van der Waals surface area contributed by atoms with Crippen molar-refractivity contribution in [3.63, 3.8) is 0 Å². The number of hydrogen-bond donors (Lipinski definition) is 1. The molecule has 1 aliphatic rings. The Hall–Kier alpha value is -1.38. The van der Waals surface area contributed by atoms with Crippen molar-refractivity contribution in [3.8, 4) is 0 Å². The summed E-state index contributed by atoms with van der Waals surface area (Å²) in [5, 5.41) is 3.47. The number of aromatic nitrogens is 1. The fraction of sp³-hybridized carbons (Fsp3) is 0.353. The molecule has 1 atom stereocenters. The number of amides is 2. The van der Waals surface area contributed by atoms with Gasteiger partial charge in [-0.25, -0.2) is 4.98 Å². The van der Waals surface area contributed by atoms with Gasteiger partial charge in [-0.1, -0.05) is 27.3 Å². The molecule has 1 fully saturated rings. The number of carbonyl (C=O) groups excluding carboxylic acids is 2. The number of hydrogen-bond acceptors (Lipinski definition) is 5. The lowest BCUT2D eigenvalue weighted by atomic mass is 10.1. The number of anilines is 1. The number of nitrogens with zero attached hydrogens (tertiary/aromatic N) is 2. The lowest BCUT2D eigenvalue weighted by molar-refractivity contribution is -0.119. The van der Waals surface area contributed by atoms with Gasteiger partial charge < -0.3 is 10.2 Å². The van der Waals surface area contributed by atoms with Gasteiger partial charge >= 0.3 is 0 Å². The molecule has 0 saturated carbocycles. The first-order valence-corrected chi connectivity index (χ1v) is 10.7. The summed E-state index contributed by atoms with van der Waals surface area (Å²) in [5.41, 5.74) is 1.51. The molecule has 25 heavy (non-hydrogen) atoms. The average molecular weight is 440 g/mol. The Morgan fingerprint density at radius 1 is 1.36 bits per heavy atom. The number of thiazole rings is 1. The lowest BCUT2D eigenvalue weighted by Gasteiger charge is -2.23. The second-order valence-corrected chi connectivity index (χ2v) is 8.74. The molecule has 2 amide bonds. The van der Waals surface area contributed by atoms with Crippen molar-refractivity contribution in [3.05, 3.63) is 40.0 Å².